The molecule has 0 heterocycles. The molecule has 0 saturated carbocycles. The Balaban J connectivity index is 2.46. The molecule has 0 N–H and O–H groups in total. The van der Waals surface area contributed by atoms with Crippen molar-refractivity contribution in [3.63, 3.8) is 0 Å². The van der Waals surface area contributed by atoms with E-state index in [1.165, 1.54) is 12.1 Å². The molecular weight excluding hydrogens is 267 g/mol. The monoisotopic (exact) mass is 279 g/mol. The highest BCUT2D eigenvalue weighted by Gasteiger charge is 2.33. The first-order valence-electron chi connectivity index (χ1n) is 5.88. The van der Waals surface area contributed by atoms with Gasteiger partial charge in [0.25, 0.3) is 0 Å². The number of halogens is 3. The number of anilines is 2. The predicted molar refractivity (Wildman–Crippen MR) is 71.3 cm³/mol. The van der Waals surface area contributed by atoms with Crippen molar-refractivity contribution in [3.8, 4) is 0 Å². The van der Waals surface area contributed by atoms with Gasteiger partial charge in [-0.25, -0.2) is 0 Å². The van der Waals surface area contributed by atoms with Crippen LogP contribution >= 0.6 is 0 Å². The molecule has 0 aliphatic carbocycles. The average molecular weight is 279 g/mol. The van der Waals surface area contributed by atoms with Crippen LogP contribution < -0.4 is 4.90 Å². The van der Waals surface area contributed by atoms with E-state index in [1.807, 2.05) is 6.07 Å². The molecule has 0 aliphatic rings. The molecular formula is C15H12F3NO. The van der Waals surface area contributed by atoms with Gasteiger partial charge in [0.05, 0.1) is 5.56 Å². The summed E-state index contributed by atoms with van der Waals surface area (Å²) >= 11 is 0. The smallest absolute Gasteiger partial charge is 0.345 e. The van der Waals surface area contributed by atoms with Crippen molar-refractivity contribution in [2.75, 3.05) is 11.9 Å². The highest BCUT2D eigenvalue weighted by molar-refractivity contribution is 5.79. The van der Waals surface area contributed by atoms with Crippen molar-refractivity contribution >= 4 is 17.7 Å². The van der Waals surface area contributed by atoms with Crippen LogP contribution in [0.15, 0.2) is 48.5 Å². The molecule has 0 unspecified atom stereocenters. The molecule has 0 spiro atoms. The zero-order valence-corrected chi connectivity index (χ0v) is 10.7. The van der Waals surface area contributed by atoms with Gasteiger partial charge in [-0.3, -0.25) is 4.79 Å². The van der Waals surface area contributed by atoms with Crippen LogP contribution in [0.5, 0.6) is 0 Å². The Morgan fingerprint density at radius 2 is 1.65 bits per heavy atom. The van der Waals surface area contributed by atoms with Crippen molar-refractivity contribution in [3.05, 3.63) is 59.7 Å². The van der Waals surface area contributed by atoms with Gasteiger partial charge in [0, 0.05) is 24.0 Å². The minimum Gasteiger partial charge on any atom is -0.345 e. The fraction of sp³-hybridized carbons (Fsp3) is 0.133. The second-order valence-electron chi connectivity index (χ2n) is 4.28. The van der Waals surface area contributed by atoms with Crippen LogP contribution in [-0.4, -0.2) is 13.3 Å². The molecule has 0 aliphatic heterocycles. The number of benzene rings is 2. The van der Waals surface area contributed by atoms with Gasteiger partial charge >= 0.3 is 6.18 Å². The molecule has 5 heteroatoms. The zero-order valence-electron chi connectivity index (χ0n) is 10.7. The summed E-state index contributed by atoms with van der Waals surface area (Å²) in [4.78, 5) is 12.3. The third-order valence-electron chi connectivity index (χ3n) is 3.00. The van der Waals surface area contributed by atoms with Crippen molar-refractivity contribution in [1.29, 1.82) is 0 Å². The number of para-hydroxylation sites is 1. The highest BCUT2D eigenvalue weighted by Crippen LogP contribution is 2.35. The minimum absolute atomic E-state index is 0.217. The summed E-state index contributed by atoms with van der Waals surface area (Å²) in [5.41, 5.74) is -0.149. The number of rotatable bonds is 3. The zero-order chi connectivity index (χ0) is 14.8. The molecule has 0 radical (unpaired) electrons. The van der Waals surface area contributed by atoms with E-state index in [9.17, 15) is 18.0 Å². The number of hydrogen-bond donors (Lipinski definition) is 0. The van der Waals surface area contributed by atoms with Gasteiger partial charge in [0.2, 0.25) is 0 Å². The minimum atomic E-state index is -4.55. The molecule has 2 aromatic rings. The Morgan fingerprint density at radius 3 is 2.20 bits per heavy atom. The number of hydrogen-bond acceptors (Lipinski definition) is 2. The first-order chi connectivity index (χ1) is 9.43. The molecule has 2 rings (SSSR count). The maximum absolute atomic E-state index is 12.9. The van der Waals surface area contributed by atoms with E-state index in [-0.39, 0.29) is 11.8 Å². The van der Waals surface area contributed by atoms with Crippen LogP contribution in [0.1, 0.15) is 15.9 Å². The lowest BCUT2D eigenvalue weighted by Crippen LogP contribution is -2.13. The Morgan fingerprint density at radius 1 is 1.00 bits per heavy atom. The summed E-state index contributed by atoms with van der Waals surface area (Å²) < 4.78 is 38.7. The SMILES string of the molecule is CN(c1ccccc1)c1ccc(C=O)c(C(F)(F)F)c1. The number of alkyl halides is 3. The van der Waals surface area contributed by atoms with Crippen molar-refractivity contribution in [2.24, 2.45) is 0 Å². The van der Waals surface area contributed by atoms with E-state index < -0.39 is 11.7 Å². The fourth-order valence-electron chi connectivity index (χ4n) is 1.90. The number of nitrogens with zero attached hydrogens (tertiary/aromatic N) is 1. The summed E-state index contributed by atoms with van der Waals surface area (Å²) in [7, 11) is 1.67. The van der Waals surface area contributed by atoms with Crippen LogP contribution in [0.2, 0.25) is 0 Å². The van der Waals surface area contributed by atoms with Gasteiger partial charge in [-0.05, 0) is 30.3 Å². The fourth-order valence-corrected chi connectivity index (χ4v) is 1.90. The third-order valence-corrected chi connectivity index (χ3v) is 3.00. The Kier molecular flexibility index (Phi) is 3.79. The second kappa shape index (κ2) is 5.36. The van der Waals surface area contributed by atoms with Gasteiger partial charge in [0.1, 0.15) is 0 Å². The lowest BCUT2D eigenvalue weighted by molar-refractivity contribution is -0.137. The second-order valence-corrected chi connectivity index (χ2v) is 4.28. The predicted octanol–water partition coefficient (Wildman–Crippen LogP) is 4.29. The molecule has 0 aromatic heterocycles. The van der Waals surface area contributed by atoms with E-state index in [0.29, 0.717) is 5.69 Å². The average Bonchev–Trinajstić information content (AvgIpc) is 2.46. The molecule has 104 valence electrons. The van der Waals surface area contributed by atoms with E-state index in [4.69, 9.17) is 0 Å². The van der Waals surface area contributed by atoms with Crippen LogP contribution in [0.4, 0.5) is 24.5 Å². The number of carbonyl (C=O) groups is 1. The summed E-state index contributed by atoms with van der Waals surface area (Å²) in [5.74, 6) is 0. The van der Waals surface area contributed by atoms with Gasteiger partial charge < -0.3 is 4.90 Å². The van der Waals surface area contributed by atoms with E-state index in [2.05, 4.69) is 0 Å². The molecule has 0 bridgehead atoms. The van der Waals surface area contributed by atoms with Crippen molar-refractivity contribution < 1.29 is 18.0 Å². The normalized spacial score (nSPS) is 11.2. The van der Waals surface area contributed by atoms with E-state index in [0.717, 1.165) is 11.8 Å². The van der Waals surface area contributed by atoms with Gasteiger partial charge in [0.15, 0.2) is 6.29 Å². The van der Waals surface area contributed by atoms with Crippen molar-refractivity contribution in [2.45, 2.75) is 6.18 Å². The van der Waals surface area contributed by atoms with Crippen LogP contribution in [-0.2, 0) is 6.18 Å². The molecule has 0 atom stereocenters. The van der Waals surface area contributed by atoms with E-state index in [1.54, 1.807) is 36.2 Å². The lowest BCUT2D eigenvalue weighted by Gasteiger charge is -2.21. The number of aldehydes is 1. The van der Waals surface area contributed by atoms with Gasteiger partial charge in [-0.1, -0.05) is 18.2 Å². The molecule has 0 saturated heterocycles. The quantitative estimate of drug-likeness (QED) is 0.781. The molecule has 0 fully saturated rings. The van der Waals surface area contributed by atoms with Gasteiger partial charge in [-0.15, -0.1) is 0 Å². The lowest BCUT2D eigenvalue weighted by atomic mass is 10.1. The van der Waals surface area contributed by atoms with Crippen LogP contribution in [0.3, 0.4) is 0 Å². The summed E-state index contributed by atoms with van der Waals surface area (Å²) in [5, 5.41) is 0. The highest BCUT2D eigenvalue weighted by atomic mass is 19.4. The maximum atomic E-state index is 12.9. The first kappa shape index (κ1) is 14.1. The number of carbonyl (C=O) groups excluding carboxylic acids is 1. The summed E-state index contributed by atoms with van der Waals surface area (Å²) in [6, 6.07) is 12.7. The molecule has 20 heavy (non-hydrogen) atoms. The Bertz CT molecular complexity index is 608. The molecule has 2 aromatic carbocycles. The first-order valence-corrected chi connectivity index (χ1v) is 5.88. The van der Waals surface area contributed by atoms with Crippen molar-refractivity contribution in [1.82, 2.24) is 0 Å². The van der Waals surface area contributed by atoms with Gasteiger partial charge in [-0.2, -0.15) is 13.2 Å². The molecule has 0 amide bonds. The Labute approximate surface area is 114 Å². The van der Waals surface area contributed by atoms with E-state index >= 15 is 0 Å². The molecule has 2 nitrogen and oxygen atoms in total. The Hall–Kier alpha value is -2.30. The maximum Gasteiger partial charge on any atom is 0.417 e. The topological polar surface area (TPSA) is 20.3 Å². The third kappa shape index (κ3) is 2.82. The van der Waals surface area contributed by atoms with Crippen LogP contribution in [0.25, 0.3) is 0 Å². The largest absolute Gasteiger partial charge is 0.417 e. The summed E-state index contributed by atoms with van der Waals surface area (Å²) in [6.07, 6.45) is -4.33. The van der Waals surface area contributed by atoms with Crippen LogP contribution in [0, 0.1) is 0 Å². The summed E-state index contributed by atoms with van der Waals surface area (Å²) in [6.45, 7) is 0. The standard InChI is InChI=1S/C15H12F3NO/c1-19(12-5-3-2-4-6-12)13-8-7-11(10-20)14(9-13)15(16,17)18/h2-10H,1H3.